The predicted octanol–water partition coefficient (Wildman–Crippen LogP) is 3.97. The fourth-order valence-corrected chi connectivity index (χ4v) is 3.99. The fraction of sp³-hybridized carbons (Fsp3) is 0.231. The molecule has 1 aliphatic carbocycles. The van der Waals surface area contributed by atoms with E-state index >= 15 is 0 Å². The second kappa shape index (κ2) is 9.75. The molecule has 1 fully saturated rings. The van der Waals surface area contributed by atoms with Gasteiger partial charge in [-0.1, -0.05) is 42.5 Å². The number of rotatable bonds is 9. The highest BCUT2D eigenvalue weighted by Gasteiger charge is 2.63. The van der Waals surface area contributed by atoms with Crippen LogP contribution in [-0.2, 0) is 22.6 Å². The molecule has 0 radical (unpaired) electrons. The third-order valence-electron chi connectivity index (χ3n) is 5.99. The van der Waals surface area contributed by atoms with Crippen molar-refractivity contribution in [2.75, 3.05) is 12.4 Å². The lowest BCUT2D eigenvalue weighted by Crippen LogP contribution is -2.33. The second-order valence-corrected chi connectivity index (χ2v) is 8.17. The van der Waals surface area contributed by atoms with Gasteiger partial charge < -0.3 is 14.8 Å². The van der Waals surface area contributed by atoms with Gasteiger partial charge in [-0.3, -0.25) is 14.8 Å². The van der Waals surface area contributed by atoms with Crippen molar-refractivity contribution in [3.05, 3.63) is 90.0 Å². The summed E-state index contributed by atoms with van der Waals surface area (Å²) in [6.07, 6.45) is 0.722. The van der Waals surface area contributed by atoms with Crippen LogP contribution in [-0.4, -0.2) is 24.1 Å². The summed E-state index contributed by atoms with van der Waals surface area (Å²) >= 11 is 0. The Morgan fingerprint density at radius 2 is 1.61 bits per heavy atom. The molecule has 0 unspecified atom stereocenters. The van der Waals surface area contributed by atoms with E-state index in [1.54, 1.807) is 36.9 Å². The van der Waals surface area contributed by atoms with Crippen LogP contribution in [0.2, 0.25) is 0 Å². The van der Waals surface area contributed by atoms with Gasteiger partial charge in [0, 0.05) is 5.69 Å². The summed E-state index contributed by atoms with van der Waals surface area (Å²) in [5.74, 6) is -0.0100. The molecule has 0 bridgehead atoms. The number of amides is 2. The maximum absolute atomic E-state index is 13.2. The number of hydroxylamine groups is 1. The van der Waals surface area contributed by atoms with Crippen LogP contribution in [0.15, 0.2) is 78.9 Å². The van der Waals surface area contributed by atoms with E-state index in [0.29, 0.717) is 30.9 Å². The lowest BCUT2D eigenvalue weighted by molar-refractivity contribution is -0.133. The lowest BCUT2D eigenvalue weighted by atomic mass is 9.92. The summed E-state index contributed by atoms with van der Waals surface area (Å²) in [7, 11) is 1.57. The maximum atomic E-state index is 13.2. The van der Waals surface area contributed by atoms with Gasteiger partial charge in [0.25, 0.3) is 0 Å². The summed E-state index contributed by atoms with van der Waals surface area (Å²) in [5, 5.41) is 12.0. The van der Waals surface area contributed by atoms with Gasteiger partial charge in [-0.05, 0) is 60.4 Å². The normalized spacial score (nSPS) is 18.8. The van der Waals surface area contributed by atoms with E-state index in [0.717, 1.165) is 16.9 Å². The van der Waals surface area contributed by atoms with Crippen molar-refractivity contribution in [3.63, 3.8) is 0 Å². The molecule has 3 aromatic rings. The summed E-state index contributed by atoms with van der Waals surface area (Å²) in [4.78, 5) is 25.3. The first kappa shape index (κ1) is 22.4. The quantitative estimate of drug-likeness (QED) is 0.341. The SMILES string of the molecule is COc1ccc(NC(=O)[C@@]2(Cc3ccc(OCc4ccccc4)cc3)C[C@@H]2C(=O)NO)cc1. The molecule has 4 rings (SSSR count). The molecule has 7 heteroatoms. The number of benzene rings is 3. The molecular weight excluding hydrogens is 420 g/mol. The molecule has 3 N–H and O–H groups in total. The predicted molar refractivity (Wildman–Crippen MR) is 123 cm³/mol. The van der Waals surface area contributed by atoms with Crippen molar-refractivity contribution in [1.29, 1.82) is 0 Å². The number of nitrogens with one attached hydrogen (secondary N) is 2. The second-order valence-electron chi connectivity index (χ2n) is 8.17. The van der Waals surface area contributed by atoms with E-state index in [9.17, 15) is 9.59 Å². The molecular formula is C26H26N2O5. The van der Waals surface area contributed by atoms with Gasteiger partial charge in [-0.25, -0.2) is 5.48 Å². The fourth-order valence-electron chi connectivity index (χ4n) is 3.99. The number of anilines is 1. The molecule has 1 aliphatic rings. The Hall–Kier alpha value is -3.84. The summed E-state index contributed by atoms with van der Waals surface area (Å²) < 4.78 is 11.0. The zero-order chi connectivity index (χ0) is 23.3. The van der Waals surface area contributed by atoms with Crippen molar-refractivity contribution in [2.45, 2.75) is 19.4 Å². The Labute approximate surface area is 192 Å². The highest BCUT2D eigenvalue weighted by atomic mass is 16.5. The van der Waals surface area contributed by atoms with Crippen molar-refractivity contribution in [3.8, 4) is 11.5 Å². The third kappa shape index (κ3) is 5.15. The largest absolute Gasteiger partial charge is 0.497 e. The summed E-state index contributed by atoms with van der Waals surface area (Å²) in [6.45, 7) is 0.465. The van der Waals surface area contributed by atoms with Gasteiger partial charge in [0.05, 0.1) is 18.4 Å². The van der Waals surface area contributed by atoms with Crippen molar-refractivity contribution in [1.82, 2.24) is 5.48 Å². The molecule has 0 spiro atoms. The smallest absolute Gasteiger partial charge is 0.247 e. The Balaban J connectivity index is 1.44. The number of carbonyl (C=O) groups is 2. The Kier molecular flexibility index (Phi) is 6.60. The molecule has 2 atom stereocenters. The van der Waals surface area contributed by atoms with Crippen molar-refractivity contribution < 1.29 is 24.3 Å². The van der Waals surface area contributed by atoms with Gasteiger partial charge in [0.2, 0.25) is 11.8 Å². The van der Waals surface area contributed by atoms with Crippen LogP contribution in [0.4, 0.5) is 5.69 Å². The standard InChI is InChI=1S/C26H26N2O5/c1-32-21-13-9-20(10-14-21)27-25(30)26(16-23(26)24(29)28-31)15-18-7-11-22(12-8-18)33-17-19-5-3-2-4-6-19/h2-14,23,31H,15-17H2,1H3,(H,27,30)(H,28,29)/t23-,26+/m1/s1. The third-order valence-corrected chi connectivity index (χ3v) is 5.99. The zero-order valence-corrected chi connectivity index (χ0v) is 18.3. The topological polar surface area (TPSA) is 96.9 Å². The molecule has 0 aromatic heterocycles. The minimum Gasteiger partial charge on any atom is -0.497 e. The monoisotopic (exact) mass is 446 g/mol. The molecule has 170 valence electrons. The minimum atomic E-state index is -0.931. The molecule has 7 nitrogen and oxygen atoms in total. The average molecular weight is 447 g/mol. The summed E-state index contributed by atoms with van der Waals surface area (Å²) in [6, 6.07) is 24.4. The van der Waals surface area contributed by atoms with Crippen LogP contribution >= 0.6 is 0 Å². The number of carbonyl (C=O) groups excluding carboxylic acids is 2. The highest BCUT2D eigenvalue weighted by molar-refractivity contribution is 6.02. The van der Waals surface area contributed by atoms with Crippen LogP contribution in [0.25, 0.3) is 0 Å². The highest BCUT2D eigenvalue weighted by Crippen LogP contribution is 2.55. The summed E-state index contributed by atoms with van der Waals surface area (Å²) in [5.41, 5.74) is 3.35. The zero-order valence-electron chi connectivity index (χ0n) is 18.3. The van der Waals surface area contributed by atoms with Crippen LogP contribution in [0.1, 0.15) is 17.5 Å². The Morgan fingerprint density at radius 3 is 2.24 bits per heavy atom. The van der Waals surface area contributed by atoms with Gasteiger partial charge in [-0.2, -0.15) is 0 Å². The van der Waals surface area contributed by atoms with Gasteiger partial charge in [-0.15, -0.1) is 0 Å². The van der Waals surface area contributed by atoms with Gasteiger partial charge in [0.15, 0.2) is 0 Å². The Morgan fingerprint density at radius 1 is 0.939 bits per heavy atom. The van der Waals surface area contributed by atoms with Crippen LogP contribution in [0.5, 0.6) is 11.5 Å². The van der Waals surface area contributed by atoms with E-state index in [-0.39, 0.29) is 5.91 Å². The van der Waals surface area contributed by atoms with E-state index in [4.69, 9.17) is 14.7 Å². The molecule has 0 heterocycles. The maximum Gasteiger partial charge on any atom is 0.247 e. The number of hydrogen-bond acceptors (Lipinski definition) is 5. The molecule has 3 aromatic carbocycles. The Bertz CT molecular complexity index is 1100. The first-order chi connectivity index (χ1) is 16.0. The minimum absolute atomic E-state index is 0.259. The first-order valence-electron chi connectivity index (χ1n) is 10.7. The number of ether oxygens (including phenoxy) is 2. The van der Waals surface area contributed by atoms with Crippen LogP contribution in [0.3, 0.4) is 0 Å². The van der Waals surface area contributed by atoms with E-state index < -0.39 is 17.2 Å². The molecule has 33 heavy (non-hydrogen) atoms. The molecule has 0 saturated heterocycles. The van der Waals surface area contributed by atoms with Crippen LogP contribution < -0.4 is 20.3 Å². The molecule has 1 saturated carbocycles. The van der Waals surface area contributed by atoms with Crippen molar-refractivity contribution >= 4 is 17.5 Å². The first-order valence-corrected chi connectivity index (χ1v) is 10.7. The number of hydrogen-bond donors (Lipinski definition) is 3. The van der Waals surface area contributed by atoms with E-state index in [2.05, 4.69) is 5.32 Å². The molecule has 0 aliphatic heterocycles. The number of methoxy groups -OCH3 is 1. The van der Waals surface area contributed by atoms with Crippen LogP contribution in [0, 0.1) is 11.3 Å². The average Bonchev–Trinajstić information content (AvgIpc) is 3.59. The molecule has 2 amide bonds. The van der Waals surface area contributed by atoms with E-state index in [1.807, 2.05) is 54.6 Å². The van der Waals surface area contributed by atoms with E-state index in [1.165, 1.54) is 0 Å². The van der Waals surface area contributed by atoms with Gasteiger partial charge >= 0.3 is 0 Å². The van der Waals surface area contributed by atoms with Crippen molar-refractivity contribution in [2.24, 2.45) is 11.3 Å². The van der Waals surface area contributed by atoms with Gasteiger partial charge in [0.1, 0.15) is 18.1 Å². The lowest BCUT2D eigenvalue weighted by Gasteiger charge is -2.18.